The van der Waals surface area contributed by atoms with Crippen LogP contribution in [0.4, 0.5) is 0 Å². The summed E-state index contributed by atoms with van der Waals surface area (Å²) >= 11 is 3.02. The third-order valence-electron chi connectivity index (χ3n) is 1.67. The maximum absolute atomic E-state index is 11.1. The lowest BCUT2D eigenvalue weighted by molar-refractivity contribution is -0.135. The number of hydrogen-bond acceptors (Lipinski definition) is 5. The molecule has 0 saturated heterocycles. The summed E-state index contributed by atoms with van der Waals surface area (Å²) < 4.78 is 4.71. The van der Waals surface area contributed by atoms with Crippen molar-refractivity contribution in [3.05, 3.63) is 0 Å². The lowest BCUT2D eigenvalue weighted by Gasteiger charge is -2.02. The Kier molecular flexibility index (Phi) is 4.06. The van der Waals surface area contributed by atoms with Crippen LogP contribution in [0.3, 0.4) is 0 Å². The molecule has 6 heteroatoms. The standard InChI is InChI=1S/C8H10BrNO4/c1-2-13-8(12)5-3-7(14-10-5)6(11)4-9/h7H,2-4H2,1H3. The van der Waals surface area contributed by atoms with Crippen molar-refractivity contribution in [1.29, 1.82) is 0 Å². The Morgan fingerprint density at radius 2 is 2.43 bits per heavy atom. The molecule has 0 saturated carbocycles. The molecule has 1 unspecified atom stereocenters. The van der Waals surface area contributed by atoms with E-state index in [1.165, 1.54) is 0 Å². The highest BCUT2D eigenvalue weighted by molar-refractivity contribution is 9.09. The summed E-state index contributed by atoms with van der Waals surface area (Å²) in [6.07, 6.45) is -0.447. The molecule has 0 fully saturated rings. The third-order valence-corrected chi connectivity index (χ3v) is 2.22. The zero-order valence-corrected chi connectivity index (χ0v) is 9.24. The molecule has 0 aromatic heterocycles. The highest BCUT2D eigenvalue weighted by Crippen LogP contribution is 2.13. The van der Waals surface area contributed by atoms with E-state index in [0.29, 0.717) is 0 Å². The summed E-state index contributed by atoms with van der Waals surface area (Å²) in [5.41, 5.74) is 0.172. The number of Topliss-reactive ketones (excluding diaryl/α,β-unsaturated/α-hetero) is 1. The van der Waals surface area contributed by atoms with Gasteiger partial charge in [-0.2, -0.15) is 0 Å². The molecular weight excluding hydrogens is 254 g/mol. The molecule has 78 valence electrons. The van der Waals surface area contributed by atoms with Crippen molar-refractivity contribution >= 4 is 33.4 Å². The van der Waals surface area contributed by atoms with Gasteiger partial charge >= 0.3 is 5.97 Å². The van der Waals surface area contributed by atoms with Crippen LogP contribution in [0, 0.1) is 0 Å². The Bertz CT molecular complexity index is 277. The average Bonchev–Trinajstić information content (AvgIpc) is 2.66. The van der Waals surface area contributed by atoms with E-state index in [1.54, 1.807) is 6.92 Å². The quantitative estimate of drug-likeness (QED) is 0.552. The molecule has 0 radical (unpaired) electrons. The van der Waals surface area contributed by atoms with Crippen LogP contribution in [0.15, 0.2) is 5.16 Å². The van der Waals surface area contributed by atoms with Crippen LogP contribution >= 0.6 is 15.9 Å². The first kappa shape index (κ1) is 11.2. The van der Waals surface area contributed by atoms with Gasteiger partial charge in [-0.05, 0) is 6.92 Å². The zero-order chi connectivity index (χ0) is 10.6. The maximum Gasteiger partial charge on any atom is 0.356 e. The molecule has 0 spiro atoms. The molecule has 1 atom stereocenters. The Hall–Kier alpha value is -0.910. The summed E-state index contributed by atoms with van der Waals surface area (Å²) in [7, 11) is 0. The van der Waals surface area contributed by atoms with Crippen LogP contribution in [-0.2, 0) is 19.2 Å². The largest absolute Gasteiger partial charge is 0.461 e. The number of hydrogen-bond donors (Lipinski definition) is 0. The van der Waals surface area contributed by atoms with E-state index < -0.39 is 12.1 Å². The highest BCUT2D eigenvalue weighted by atomic mass is 79.9. The third kappa shape index (κ3) is 2.54. The van der Waals surface area contributed by atoms with E-state index in [1.807, 2.05) is 0 Å². The van der Waals surface area contributed by atoms with Gasteiger partial charge in [-0.1, -0.05) is 21.1 Å². The molecule has 14 heavy (non-hydrogen) atoms. The number of ketones is 1. The van der Waals surface area contributed by atoms with Crippen molar-refractivity contribution in [2.24, 2.45) is 5.16 Å². The van der Waals surface area contributed by atoms with E-state index in [9.17, 15) is 9.59 Å². The zero-order valence-electron chi connectivity index (χ0n) is 7.66. The van der Waals surface area contributed by atoms with Gasteiger partial charge in [0.1, 0.15) is 0 Å². The minimum atomic E-state index is -0.645. The number of rotatable bonds is 4. The smallest absolute Gasteiger partial charge is 0.356 e. The fraction of sp³-hybridized carbons (Fsp3) is 0.625. The Labute approximate surface area is 89.6 Å². The number of oxime groups is 1. The average molecular weight is 264 g/mol. The molecule has 1 aliphatic rings. The van der Waals surface area contributed by atoms with E-state index in [4.69, 9.17) is 9.57 Å². The van der Waals surface area contributed by atoms with Gasteiger partial charge in [-0.15, -0.1) is 0 Å². The Balaban J connectivity index is 2.47. The molecular formula is C8H10BrNO4. The van der Waals surface area contributed by atoms with Gasteiger partial charge in [0.2, 0.25) is 0 Å². The molecule has 5 nitrogen and oxygen atoms in total. The summed E-state index contributed by atoms with van der Waals surface area (Å²) in [4.78, 5) is 27.1. The normalized spacial score (nSPS) is 19.9. The topological polar surface area (TPSA) is 65.0 Å². The summed E-state index contributed by atoms with van der Waals surface area (Å²) in [6, 6.07) is 0. The predicted octanol–water partition coefficient (Wildman–Crippen LogP) is 0.658. The lowest BCUT2D eigenvalue weighted by atomic mass is 10.1. The van der Waals surface area contributed by atoms with E-state index in [-0.39, 0.29) is 29.9 Å². The van der Waals surface area contributed by atoms with Crippen molar-refractivity contribution in [2.75, 3.05) is 11.9 Å². The van der Waals surface area contributed by atoms with E-state index in [2.05, 4.69) is 21.1 Å². The van der Waals surface area contributed by atoms with Crippen LogP contribution in [0.1, 0.15) is 13.3 Å². The van der Waals surface area contributed by atoms with Crippen molar-refractivity contribution in [1.82, 2.24) is 0 Å². The number of halogens is 1. The van der Waals surface area contributed by atoms with Crippen LogP contribution < -0.4 is 0 Å². The SMILES string of the molecule is CCOC(=O)C1=NOC(C(=O)CBr)C1. The number of ether oxygens (including phenoxy) is 1. The molecule has 0 aromatic carbocycles. The number of carbonyl (C=O) groups excluding carboxylic acids is 2. The molecule has 0 aliphatic carbocycles. The second kappa shape index (κ2) is 5.09. The van der Waals surface area contributed by atoms with Gasteiger partial charge in [0.25, 0.3) is 0 Å². The molecule has 1 heterocycles. The first-order valence-corrected chi connectivity index (χ1v) is 5.29. The molecule has 1 aliphatic heterocycles. The fourth-order valence-corrected chi connectivity index (χ4v) is 1.33. The van der Waals surface area contributed by atoms with Gasteiger partial charge in [0, 0.05) is 6.42 Å². The molecule has 1 rings (SSSR count). The van der Waals surface area contributed by atoms with Gasteiger partial charge in [-0.3, -0.25) is 4.79 Å². The molecule has 0 amide bonds. The molecule has 0 aromatic rings. The van der Waals surface area contributed by atoms with Crippen LogP contribution in [0.2, 0.25) is 0 Å². The van der Waals surface area contributed by atoms with Gasteiger partial charge < -0.3 is 9.57 Å². The van der Waals surface area contributed by atoms with Crippen molar-refractivity contribution in [3.63, 3.8) is 0 Å². The lowest BCUT2D eigenvalue weighted by Crippen LogP contribution is -2.24. The number of carbonyl (C=O) groups is 2. The van der Waals surface area contributed by atoms with Crippen LogP contribution in [-0.4, -0.2) is 35.5 Å². The van der Waals surface area contributed by atoms with Crippen molar-refractivity contribution in [2.45, 2.75) is 19.4 Å². The van der Waals surface area contributed by atoms with Gasteiger partial charge in [-0.25, -0.2) is 4.79 Å². The summed E-state index contributed by atoms with van der Waals surface area (Å²) in [5.74, 6) is -0.648. The second-order valence-corrected chi connectivity index (χ2v) is 3.22. The Morgan fingerprint density at radius 1 is 1.71 bits per heavy atom. The minimum Gasteiger partial charge on any atom is -0.461 e. The van der Waals surface area contributed by atoms with Crippen molar-refractivity contribution < 1.29 is 19.2 Å². The van der Waals surface area contributed by atoms with Crippen LogP contribution in [0.5, 0.6) is 0 Å². The number of nitrogens with zero attached hydrogens (tertiary/aromatic N) is 1. The summed E-state index contributed by atoms with van der Waals surface area (Å²) in [6.45, 7) is 1.99. The highest BCUT2D eigenvalue weighted by Gasteiger charge is 2.31. The summed E-state index contributed by atoms with van der Waals surface area (Å²) in [5, 5.41) is 3.70. The van der Waals surface area contributed by atoms with Crippen molar-refractivity contribution in [3.8, 4) is 0 Å². The monoisotopic (exact) mass is 263 g/mol. The van der Waals surface area contributed by atoms with E-state index in [0.717, 1.165) is 0 Å². The minimum absolute atomic E-state index is 0.131. The van der Waals surface area contributed by atoms with Gasteiger partial charge in [0.05, 0.1) is 11.9 Å². The fourth-order valence-electron chi connectivity index (χ4n) is 0.971. The Morgan fingerprint density at radius 3 is 3.00 bits per heavy atom. The molecule has 0 bridgehead atoms. The first-order chi connectivity index (χ1) is 6.69. The molecule has 0 N–H and O–H groups in total. The second-order valence-electron chi connectivity index (χ2n) is 2.66. The predicted molar refractivity (Wildman–Crippen MR) is 52.4 cm³/mol. The maximum atomic E-state index is 11.1. The van der Waals surface area contributed by atoms with E-state index >= 15 is 0 Å². The number of esters is 1. The number of alkyl halides is 1. The van der Waals surface area contributed by atoms with Crippen LogP contribution in [0.25, 0.3) is 0 Å². The van der Waals surface area contributed by atoms with Gasteiger partial charge in [0.15, 0.2) is 17.6 Å². The first-order valence-electron chi connectivity index (χ1n) is 4.17.